The SMILES string of the molecule is Cc1cc(C(N)=S)nc(Oc2ccc3ccccc3c2)n1. The van der Waals surface area contributed by atoms with Crippen molar-refractivity contribution < 1.29 is 4.74 Å². The Balaban J connectivity index is 1.96. The fourth-order valence-electron chi connectivity index (χ4n) is 2.05. The standard InChI is InChI=1S/C16H13N3OS/c1-10-8-14(15(17)21)19-16(18-10)20-13-7-6-11-4-2-3-5-12(11)9-13/h2-9H,1H3,(H2,17,21). The summed E-state index contributed by atoms with van der Waals surface area (Å²) in [6, 6.07) is 15.9. The molecule has 2 aromatic carbocycles. The minimum Gasteiger partial charge on any atom is -0.424 e. The van der Waals surface area contributed by atoms with Gasteiger partial charge in [-0.2, -0.15) is 4.98 Å². The van der Waals surface area contributed by atoms with E-state index in [2.05, 4.69) is 9.97 Å². The maximum absolute atomic E-state index is 5.72. The first kappa shape index (κ1) is 13.5. The van der Waals surface area contributed by atoms with Gasteiger partial charge in [-0.1, -0.05) is 42.5 Å². The average molecular weight is 295 g/mol. The fourth-order valence-corrected chi connectivity index (χ4v) is 2.15. The second-order valence-electron chi connectivity index (χ2n) is 4.65. The lowest BCUT2D eigenvalue weighted by Crippen LogP contribution is -2.13. The van der Waals surface area contributed by atoms with Crippen molar-refractivity contribution in [2.24, 2.45) is 5.73 Å². The van der Waals surface area contributed by atoms with E-state index in [0.717, 1.165) is 16.5 Å². The molecule has 2 N–H and O–H groups in total. The maximum Gasteiger partial charge on any atom is 0.322 e. The number of hydrogen-bond donors (Lipinski definition) is 1. The summed E-state index contributed by atoms with van der Waals surface area (Å²) in [5, 5.41) is 2.25. The topological polar surface area (TPSA) is 61.0 Å². The van der Waals surface area contributed by atoms with Crippen molar-refractivity contribution in [1.82, 2.24) is 9.97 Å². The van der Waals surface area contributed by atoms with Crippen LogP contribution >= 0.6 is 12.2 Å². The third-order valence-corrected chi connectivity index (χ3v) is 3.23. The molecule has 0 aliphatic rings. The van der Waals surface area contributed by atoms with Crippen LogP contribution in [0, 0.1) is 6.92 Å². The van der Waals surface area contributed by atoms with Crippen LogP contribution in [0.1, 0.15) is 11.4 Å². The predicted molar refractivity (Wildman–Crippen MR) is 86.7 cm³/mol. The first-order chi connectivity index (χ1) is 10.1. The maximum atomic E-state index is 5.72. The van der Waals surface area contributed by atoms with Gasteiger partial charge in [-0.15, -0.1) is 0 Å². The molecule has 0 saturated carbocycles. The van der Waals surface area contributed by atoms with E-state index < -0.39 is 0 Å². The molecule has 0 aliphatic carbocycles. The highest BCUT2D eigenvalue weighted by Crippen LogP contribution is 2.24. The Bertz CT molecular complexity index is 833. The highest BCUT2D eigenvalue weighted by atomic mass is 32.1. The molecule has 3 rings (SSSR count). The quantitative estimate of drug-likeness (QED) is 0.751. The molecule has 4 nitrogen and oxygen atoms in total. The Morgan fingerprint density at radius 2 is 1.81 bits per heavy atom. The molecule has 3 aromatic rings. The number of ether oxygens (including phenoxy) is 1. The molecule has 0 aliphatic heterocycles. The summed E-state index contributed by atoms with van der Waals surface area (Å²) < 4.78 is 5.72. The number of rotatable bonds is 3. The molecule has 0 unspecified atom stereocenters. The summed E-state index contributed by atoms with van der Waals surface area (Å²) in [6.45, 7) is 1.84. The number of nitrogens with two attached hydrogens (primary N) is 1. The van der Waals surface area contributed by atoms with E-state index in [1.807, 2.05) is 49.4 Å². The van der Waals surface area contributed by atoms with Gasteiger partial charge < -0.3 is 10.5 Å². The van der Waals surface area contributed by atoms with Crippen LogP contribution in [0.4, 0.5) is 0 Å². The normalized spacial score (nSPS) is 10.5. The monoisotopic (exact) mass is 295 g/mol. The van der Waals surface area contributed by atoms with Gasteiger partial charge in [0.25, 0.3) is 0 Å². The van der Waals surface area contributed by atoms with Gasteiger partial charge in [0, 0.05) is 5.69 Å². The lowest BCUT2D eigenvalue weighted by Gasteiger charge is -2.07. The minimum atomic E-state index is 0.226. The lowest BCUT2D eigenvalue weighted by molar-refractivity contribution is 0.440. The number of aromatic nitrogens is 2. The van der Waals surface area contributed by atoms with Crippen LogP contribution in [-0.4, -0.2) is 15.0 Å². The van der Waals surface area contributed by atoms with Crippen LogP contribution in [0.25, 0.3) is 10.8 Å². The summed E-state index contributed by atoms with van der Waals surface area (Å²) in [4.78, 5) is 8.68. The van der Waals surface area contributed by atoms with Crippen molar-refractivity contribution >= 4 is 28.0 Å². The molecule has 0 radical (unpaired) electrons. The van der Waals surface area contributed by atoms with Crippen molar-refractivity contribution in [3.63, 3.8) is 0 Å². The first-order valence-corrected chi connectivity index (χ1v) is 6.85. The van der Waals surface area contributed by atoms with Crippen LogP contribution in [0.15, 0.2) is 48.5 Å². The summed E-state index contributed by atoms with van der Waals surface area (Å²) in [6.07, 6.45) is 0. The summed E-state index contributed by atoms with van der Waals surface area (Å²) in [5.41, 5.74) is 6.87. The molecular weight excluding hydrogens is 282 g/mol. The van der Waals surface area contributed by atoms with Crippen LogP contribution < -0.4 is 10.5 Å². The smallest absolute Gasteiger partial charge is 0.322 e. The number of aryl methyl sites for hydroxylation is 1. The molecule has 0 saturated heterocycles. The van der Waals surface area contributed by atoms with Gasteiger partial charge in [-0.25, -0.2) is 4.98 Å². The number of nitrogens with zero attached hydrogens (tertiary/aromatic N) is 2. The van der Waals surface area contributed by atoms with Gasteiger partial charge in [0.05, 0.1) is 0 Å². The van der Waals surface area contributed by atoms with Crippen LogP contribution in [0.2, 0.25) is 0 Å². The lowest BCUT2D eigenvalue weighted by atomic mass is 10.1. The molecule has 0 amide bonds. The predicted octanol–water partition coefficient (Wildman–Crippen LogP) is 3.36. The molecule has 0 atom stereocenters. The Morgan fingerprint density at radius 1 is 1.05 bits per heavy atom. The number of hydrogen-bond acceptors (Lipinski definition) is 4. The number of benzene rings is 2. The molecule has 1 aromatic heterocycles. The van der Waals surface area contributed by atoms with Crippen molar-refractivity contribution in [2.45, 2.75) is 6.92 Å². The Morgan fingerprint density at radius 3 is 2.57 bits per heavy atom. The van der Waals surface area contributed by atoms with Gasteiger partial charge in [0.1, 0.15) is 16.4 Å². The molecule has 1 heterocycles. The van der Waals surface area contributed by atoms with E-state index in [1.54, 1.807) is 6.07 Å². The van der Waals surface area contributed by atoms with Gasteiger partial charge >= 0.3 is 6.01 Å². The minimum absolute atomic E-state index is 0.226. The molecule has 0 bridgehead atoms. The highest BCUT2D eigenvalue weighted by Gasteiger charge is 2.07. The molecular formula is C16H13N3OS. The van der Waals surface area contributed by atoms with Gasteiger partial charge in [-0.3, -0.25) is 0 Å². The van der Waals surface area contributed by atoms with Crippen molar-refractivity contribution in [1.29, 1.82) is 0 Å². The Hall–Kier alpha value is -2.53. The molecule has 21 heavy (non-hydrogen) atoms. The van der Waals surface area contributed by atoms with Crippen LogP contribution in [0.3, 0.4) is 0 Å². The highest BCUT2D eigenvalue weighted by molar-refractivity contribution is 7.80. The third-order valence-electron chi connectivity index (χ3n) is 3.02. The summed E-state index contributed by atoms with van der Waals surface area (Å²) >= 11 is 4.94. The third kappa shape index (κ3) is 2.98. The number of thiocarbonyl (C=S) groups is 1. The average Bonchev–Trinajstić information content (AvgIpc) is 2.46. The molecule has 0 spiro atoms. The van der Waals surface area contributed by atoms with E-state index in [-0.39, 0.29) is 11.0 Å². The van der Waals surface area contributed by atoms with E-state index >= 15 is 0 Å². The van der Waals surface area contributed by atoms with Crippen molar-refractivity contribution in [2.75, 3.05) is 0 Å². The van der Waals surface area contributed by atoms with Gasteiger partial charge in [0.2, 0.25) is 0 Å². The zero-order valence-corrected chi connectivity index (χ0v) is 12.2. The second kappa shape index (κ2) is 5.46. The Labute approximate surface area is 127 Å². The van der Waals surface area contributed by atoms with E-state index in [0.29, 0.717) is 11.4 Å². The van der Waals surface area contributed by atoms with E-state index in [1.165, 1.54) is 0 Å². The Kier molecular flexibility index (Phi) is 3.50. The van der Waals surface area contributed by atoms with E-state index in [4.69, 9.17) is 22.7 Å². The largest absolute Gasteiger partial charge is 0.424 e. The summed E-state index contributed by atoms with van der Waals surface area (Å²) in [5.74, 6) is 0.674. The second-order valence-corrected chi connectivity index (χ2v) is 5.09. The molecule has 104 valence electrons. The zero-order valence-electron chi connectivity index (χ0n) is 11.4. The van der Waals surface area contributed by atoms with Gasteiger partial charge in [0.15, 0.2) is 0 Å². The fraction of sp³-hybridized carbons (Fsp3) is 0.0625. The zero-order chi connectivity index (χ0) is 14.8. The number of fused-ring (bicyclic) bond motifs is 1. The van der Waals surface area contributed by atoms with Crippen LogP contribution in [-0.2, 0) is 0 Å². The van der Waals surface area contributed by atoms with Gasteiger partial charge in [-0.05, 0) is 35.9 Å². The van der Waals surface area contributed by atoms with E-state index in [9.17, 15) is 0 Å². The first-order valence-electron chi connectivity index (χ1n) is 6.44. The van der Waals surface area contributed by atoms with Crippen molar-refractivity contribution in [3.8, 4) is 11.8 Å². The molecule has 0 fully saturated rings. The molecule has 5 heteroatoms. The van der Waals surface area contributed by atoms with Crippen LogP contribution in [0.5, 0.6) is 11.8 Å². The van der Waals surface area contributed by atoms with Crippen molar-refractivity contribution in [3.05, 3.63) is 59.9 Å². The summed E-state index contributed by atoms with van der Waals surface area (Å²) in [7, 11) is 0.